The molecule has 154 valence electrons. The quantitative estimate of drug-likeness (QED) is 0.757. The molecule has 0 radical (unpaired) electrons. The Morgan fingerprint density at radius 2 is 2.07 bits per heavy atom. The Bertz CT molecular complexity index is 875. The lowest BCUT2D eigenvalue weighted by Gasteiger charge is -2.21. The van der Waals surface area contributed by atoms with Gasteiger partial charge < -0.3 is 14.8 Å². The van der Waals surface area contributed by atoms with Gasteiger partial charge in [0.1, 0.15) is 5.75 Å². The second-order valence-corrected chi connectivity index (χ2v) is 8.42. The number of nitrogens with one attached hydrogen (secondary N) is 2. The van der Waals surface area contributed by atoms with Crippen molar-refractivity contribution in [3.8, 4) is 5.75 Å². The number of carbonyl (C=O) groups is 2. The second kappa shape index (κ2) is 8.92. The van der Waals surface area contributed by atoms with Gasteiger partial charge in [0.2, 0.25) is 5.91 Å². The average molecular weight is 416 g/mol. The zero-order valence-electron chi connectivity index (χ0n) is 16.4. The molecule has 1 aromatic carbocycles. The fourth-order valence-corrected chi connectivity index (χ4v) is 4.84. The van der Waals surface area contributed by atoms with E-state index >= 15 is 0 Å². The molecule has 2 N–H and O–H groups in total. The van der Waals surface area contributed by atoms with E-state index in [2.05, 4.69) is 15.6 Å². The fourth-order valence-electron chi connectivity index (χ4n) is 3.78. The summed E-state index contributed by atoms with van der Waals surface area (Å²) in [5.74, 6) is 0.212. The van der Waals surface area contributed by atoms with Gasteiger partial charge in [-0.05, 0) is 56.4 Å². The summed E-state index contributed by atoms with van der Waals surface area (Å²) in [4.78, 5) is 30.9. The number of methoxy groups -OCH3 is 1. The molecule has 8 heteroatoms. The number of rotatable bonds is 6. The number of aryl methyl sites for hydroxylation is 1. The van der Waals surface area contributed by atoms with E-state index in [9.17, 15) is 9.59 Å². The van der Waals surface area contributed by atoms with E-state index < -0.39 is 0 Å². The van der Waals surface area contributed by atoms with Crippen molar-refractivity contribution in [2.45, 2.75) is 44.1 Å². The van der Waals surface area contributed by atoms with Crippen LogP contribution in [0, 0.1) is 0 Å². The molecule has 1 fully saturated rings. The highest BCUT2D eigenvalue weighted by Gasteiger charge is 2.31. The van der Waals surface area contributed by atoms with Crippen molar-refractivity contribution in [1.29, 1.82) is 0 Å². The SMILES string of the molecule is COc1ccc(C(=O)Nc2nc3c(s2)CCC[C@H]3C(=O)NC[C@@H]2CCCO2)cc1. The molecule has 2 aliphatic rings. The summed E-state index contributed by atoms with van der Waals surface area (Å²) in [6.45, 7) is 1.33. The molecular weight excluding hydrogens is 390 g/mol. The minimum absolute atomic E-state index is 0.000203. The van der Waals surface area contributed by atoms with Crippen LogP contribution >= 0.6 is 11.3 Å². The highest BCUT2D eigenvalue weighted by atomic mass is 32.1. The van der Waals surface area contributed by atoms with E-state index in [-0.39, 0.29) is 23.8 Å². The predicted molar refractivity (Wildman–Crippen MR) is 111 cm³/mol. The number of carbonyl (C=O) groups excluding carboxylic acids is 2. The molecule has 0 spiro atoms. The van der Waals surface area contributed by atoms with Gasteiger partial charge in [0, 0.05) is 23.6 Å². The van der Waals surface area contributed by atoms with E-state index in [0.29, 0.717) is 23.0 Å². The van der Waals surface area contributed by atoms with Crippen molar-refractivity contribution in [2.75, 3.05) is 25.6 Å². The molecule has 29 heavy (non-hydrogen) atoms. The minimum Gasteiger partial charge on any atom is -0.497 e. The van der Waals surface area contributed by atoms with Crippen LogP contribution in [0.1, 0.15) is 52.5 Å². The van der Waals surface area contributed by atoms with E-state index in [1.54, 1.807) is 31.4 Å². The van der Waals surface area contributed by atoms with E-state index in [1.165, 1.54) is 11.3 Å². The Labute approximate surface area is 173 Å². The molecule has 0 bridgehead atoms. The van der Waals surface area contributed by atoms with Crippen LogP contribution in [0.2, 0.25) is 0 Å². The van der Waals surface area contributed by atoms with Gasteiger partial charge in [-0.25, -0.2) is 4.98 Å². The summed E-state index contributed by atoms with van der Waals surface area (Å²) in [7, 11) is 1.59. The van der Waals surface area contributed by atoms with Crippen molar-refractivity contribution < 1.29 is 19.1 Å². The van der Waals surface area contributed by atoms with Crippen LogP contribution in [0.4, 0.5) is 5.13 Å². The molecule has 0 saturated carbocycles. The number of hydrogen-bond donors (Lipinski definition) is 2. The van der Waals surface area contributed by atoms with Crippen LogP contribution in [0.5, 0.6) is 5.75 Å². The normalized spacial score (nSPS) is 20.7. The van der Waals surface area contributed by atoms with Crippen LogP contribution in [-0.2, 0) is 16.0 Å². The molecule has 1 saturated heterocycles. The predicted octanol–water partition coefficient (Wildman–Crippen LogP) is 3.12. The standard InChI is InChI=1S/C21H25N3O4S/c1-27-14-9-7-13(8-10-14)19(25)24-21-23-18-16(5-2-6-17(18)29-21)20(26)22-12-15-4-3-11-28-15/h7-10,15-16H,2-6,11-12H2,1H3,(H,22,26)(H,23,24,25)/t15-,16+/m0/s1. The van der Waals surface area contributed by atoms with E-state index in [1.807, 2.05) is 0 Å². The first-order valence-electron chi connectivity index (χ1n) is 9.98. The summed E-state index contributed by atoms with van der Waals surface area (Å²) < 4.78 is 10.7. The molecule has 1 aliphatic carbocycles. The van der Waals surface area contributed by atoms with Crippen LogP contribution < -0.4 is 15.4 Å². The molecule has 2 amide bonds. The second-order valence-electron chi connectivity index (χ2n) is 7.34. The topological polar surface area (TPSA) is 89.5 Å². The zero-order chi connectivity index (χ0) is 20.2. The number of aromatic nitrogens is 1. The lowest BCUT2D eigenvalue weighted by atomic mass is 9.90. The molecule has 7 nitrogen and oxygen atoms in total. The van der Waals surface area contributed by atoms with Crippen molar-refractivity contribution in [2.24, 2.45) is 0 Å². The lowest BCUT2D eigenvalue weighted by Crippen LogP contribution is -2.36. The van der Waals surface area contributed by atoms with Crippen LogP contribution in [0.25, 0.3) is 0 Å². The van der Waals surface area contributed by atoms with E-state index in [0.717, 1.165) is 49.3 Å². The van der Waals surface area contributed by atoms with Crippen LogP contribution in [0.3, 0.4) is 0 Å². The zero-order valence-corrected chi connectivity index (χ0v) is 17.2. The first kappa shape index (κ1) is 19.8. The Kier molecular flexibility index (Phi) is 6.10. The molecule has 0 unspecified atom stereocenters. The van der Waals surface area contributed by atoms with Gasteiger partial charge >= 0.3 is 0 Å². The Balaban J connectivity index is 1.41. The summed E-state index contributed by atoms with van der Waals surface area (Å²) >= 11 is 1.46. The number of amides is 2. The largest absolute Gasteiger partial charge is 0.497 e. The number of ether oxygens (including phenoxy) is 2. The van der Waals surface area contributed by atoms with Gasteiger partial charge in [-0.1, -0.05) is 0 Å². The van der Waals surface area contributed by atoms with Gasteiger partial charge in [-0.2, -0.15) is 0 Å². The van der Waals surface area contributed by atoms with Gasteiger partial charge in [0.15, 0.2) is 5.13 Å². The van der Waals surface area contributed by atoms with Gasteiger partial charge in [0.25, 0.3) is 5.91 Å². The van der Waals surface area contributed by atoms with Crippen molar-refractivity contribution in [3.63, 3.8) is 0 Å². The van der Waals surface area contributed by atoms with Crippen LogP contribution in [-0.4, -0.2) is 43.2 Å². The lowest BCUT2D eigenvalue weighted by molar-refractivity contribution is -0.123. The highest BCUT2D eigenvalue weighted by molar-refractivity contribution is 7.15. The summed E-state index contributed by atoms with van der Waals surface area (Å²) in [5, 5.41) is 6.43. The third-order valence-corrected chi connectivity index (χ3v) is 6.42. The molecule has 1 aromatic heterocycles. The highest BCUT2D eigenvalue weighted by Crippen LogP contribution is 2.37. The number of anilines is 1. The molecule has 2 heterocycles. The Morgan fingerprint density at radius 1 is 1.24 bits per heavy atom. The molecular formula is C21H25N3O4S. The van der Waals surface area contributed by atoms with E-state index in [4.69, 9.17) is 9.47 Å². The number of thiazole rings is 1. The minimum atomic E-state index is -0.261. The fraction of sp³-hybridized carbons (Fsp3) is 0.476. The third-order valence-electron chi connectivity index (χ3n) is 5.37. The van der Waals surface area contributed by atoms with Crippen molar-refractivity contribution in [1.82, 2.24) is 10.3 Å². The third kappa shape index (κ3) is 4.59. The van der Waals surface area contributed by atoms with Crippen molar-refractivity contribution >= 4 is 28.3 Å². The molecule has 1 aliphatic heterocycles. The van der Waals surface area contributed by atoms with Gasteiger partial charge in [0.05, 0.1) is 24.8 Å². The Hall–Kier alpha value is -2.45. The number of benzene rings is 1. The Morgan fingerprint density at radius 3 is 2.79 bits per heavy atom. The maximum Gasteiger partial charge on any atom is 0.257 e. The maximum atomic E-state index is 12.7. The molecule has 2 atom stereocenters. The summed E-state index contributed by atoms with van der Waals surface area (Å²) in [6, 6.07) is 6.92. The van der Waals surface area contributed by atoms with Crippen LogP contribution in [0.15, 0.2) is 24.3 Å². The van der Waals surface area contributed by atoms with Gasteiger partial charge in [-0.15, -0.1) is 11.3 Å². The molecule has 4 rings (SSSR count). The van der Waals surface area contributed by atoms with Gasteiger partial charge in [-0.3, -0.25) is 14.9 Å². The average Bonchev–Trinajstić information content (AvgIpc) is 3.41. The van der Waals surface area contributed by atoms with Crippen molar-refractivity contribution in [3.05, 3.63) is 40.4 Å². The maximum absolute atomic E-state index is 12.7. The molecule has 2 aromatic rings. The first-order chi connectivity index (χ1) is 14.1. The number of hydrogen-bond acceptors (Lipinski definition) is 6. The monoisotopic (exact) mass is 415 g/mol. The summed E-state index contributed by atoms with van der Waals surface area (Å²) in [6.07, 6.45) is 4.78. The number of nitrogens with zero attached hydrogens (tertiary/aromatic N) is 1. The first-order valence-corrected chi connectivity index (χ1v) is 10.8. The smallest absolute Gasteiger partial charge is 0.257 e. The number of fused-ring (bicyclic) bond motifs is 1. The summed E-state index contributed by atoms with van der Waals surface area (Å²) in [5.41, 5.74) is 1.33.